The number of halogens is 2. The number of nitrogens with one attached hydrogen (secondary N) is 2. The summed E-state index contributed by atoms with van der Waals surface area (Å²) >= 11 is 5.94. The SMILES string of the molecule is O=C(/C=C/CN1CCOCC1)Nc1cc2c(Nc3ccc(F)c(Cl)c3)ncnc2cc1OCC1CCCO1. The Bertz CT molecular complexity index is 1310. The highest BCUT2D eigenvalue weighted by Crippen LogP contribution is 2.34. The molecule has 0 aliphatic carbocycles. The predicted molar refractivity (Wildman–Crippen MR) is 144 cm³/mol. The maximum absolute atomic E-state index is 13.6. The minimum absolute atomic E-state index is 0.00463. The lowest BCUT2D eigenvalue weighted by molar-refractivity contribution is -0.111. The number of hydrogen-bond donors (Lipinski definition) is 2. The van der Waals surface area contributed by atoms with E-state index in [0.29, 0.717) is 60.2 Å². The fourth-order valence-electron chi connectivity index (χ4n) is 4.34. The lowest BCUT2D eigenvalue weighted by Gasteiger charge is -2.25. The minimum Gasteiger partial charge on any atom is -0.489 e. The summed E-state index contributed by atoms with van der Waals surface area (Å²) in [6, 6.07) is 7.85. The number of ether oxygens (including phenoxy) is 3. The van der Waals surface area contributed by atoms with Crippen LogP contribution in [0.1, 0.15) is 12.8 Å². The summed E-state index contributed by atoms with van der Waals surface area (Å²) in [6.07, 6.45) is 6.71. The summed E-state index contributed by atoms with van der Waals surface area (Å²) in [5, 5.41) is 6.73. The lowest BCUT2D eigenvalue weighted by atomic mass is 10.1. The molecule has 1 atom stereocenters. The number of carbonyl (C=O) groups is 1. The number of carbonyl (C=O) groups excluding carboxylic acids is 1. The standard InChI is InChI=1S/C27H29ClFN5O4/c28-21-13-18(5-6-22(21)29)32-27-20-14-24(33-26(35)4-1-7-34-8-11-36-12-9-34)25(15-23(20)30-17-31-27)38-16-19-3-2-10-37-19/h1,4-6,13-15,17,19H,2-3,7-12,16H2,(H,33,35)(H,30,31,32)/b4-1+. The van der Waals surface area contributed by atoms with Gasteiger partial charge in [-0.1, -0.05) is 17.7 Å². The van der Waals surface area contributed by atoms with Crippen LogP contribution in [-0.4, -0.2) is 72.9 Å². The lowest BCUT2D eigenvalue weighted by Crippen LogP contribution is -2.36. The van der Waals surface area contributed by atoms with E-state index in [1.54, 1.807) is 18.2 Å². The van der Waals surface area contributed by atoms with Crippen molar-refractivity contribution in [3.05, 3.63) is 59.7 Å². The highest BCUT2D eigenvalue weighted by Gasteiger charge is 2.19. The molecule has 0 radical (unpaired) electrons. The quantitative estimate of drug-likeness (QED) is 0.381. The average Bonchev–Trinajstić information content (AvgIpc) is 3.44. The molecule has 1 amide bonds. The van der Waals surface area contributed by atoms with Crippen LogP contribution in [0.15, 0.2) is 48.8 Å². The van der Waals surface area contributed by atoms with E-state index in [0.717, 1.165) is 32.5 Å². The summed E-state index contributed by atoms with van der Waals surface area (Å²) in [6.45, 7) is 4.83. The summed E-state index contributed by atoms with van der Waals surface area (Å²) in [5.74, 6) is 0.167. The fourth-order valence-corrected chi connectivity index (χ4v) is 4.52. The number of nitrogens with zero attached hydrogens (tertiary/aromatic N) is 3. The highest BCUT2D eigenvalue weighted by molar-refractivity contribution is 6.31. The van der Waals surface area contributed by atoms with Crippen LogP contribution in [0.25, 0.3) is 10.9 Å². The predicted octanol–water partition coefficient (Wildman–Crippen LogP) is 4.55. The number of morpholine rings is 1. The van der Waals surface area contributed by atoms with E-state index >= 15 is 0 Å². The minimum atomic E-state index is -0.510. The second kappa shape index (κ2) is 12.5. The molecular weight excluding hydrogens is 513 g/mol. The van der Waals surface area contributed by atoms with Crippen molar-refractivity contribution in [3.63, 3.8) is 0 Å². The van der Waals surface area contributed by atoms with E-state index in [1.807, 2.05) is 6.08 Å². The summed E-state index contributed by atoms with van der Waals surface area (Å²) in [7, 11) is 0. The molecule has 9 nitrogen and oxygen atoms in total. The van der Waals surface area contributed by atoms with Crippen LogP contribution >= 0.6 is 11.6 Å². The van der Waals surface area contributed by atoms with Gasteiger partial charge in [-0.05, 0) is 37.1 Å². The van der Waals surface area contributed by atoms with Crippen LogP contribution in [0.4, 0.5) is 21.6 Å². The maximum atomic E-state index is 13.6. The van der Waals surface area contributed by atoms with Crippen LogP contribution in [-0.2, 0) is 14.3 Å². The Morgan fingerprint density at radius 2 is 2.08 bits per heavy atom. The zero-order chi connectivity index (χ0) is 26.3. The molecule has 2 aliphatic heterocycles. The van der Waals surface area contributed by atoms with Gasteiger partial charge in [0.05, 0.1) is 35.5 Å². The van der Waals surface area contributed by atoms with Gasteiger partial charge in [0.1, 0.15) is 30.3 Å². The number of rotatable bonds is 9. The van der Waals surface area contributed by atoms with Crippen molar-refractivity contribution in [1.29, 1.82) is 0 Å². The third-order valence-corrected chi connectivity index (χ3v) is 6.65. The van der Waals surface area contributed by atoms with E-state index < -0.39 is 5.82 Å². The third-order valence-electron chi connectivity index (χ3n) is 6.36. The average molecular weight is 542 g/mol. The van der Waals surface area contributed by atoms with Crippen LogP contribution in [0.3, 0.4) is 0 Å². The van der Waals surface area contributed by atoms with Crippen molar-refractivity contribution in [2.24, 2.45) is 0 Å². The first-order chi connectivity index (χ1) is 18.5. The van der Waals surface area contributed by atoms with Gasteiger partial charge in [-0.25, -0.2) is 14.4 Å². The van der Waals surface area contributed by atoms with E-state index in [1.165, 1.54) is 24.5 Å². The Balaban J connectivity index is 1.39. The largest absolute Gasteiger partial charge is 0.489 e. The molecule has 1 unspecified atom stereocenters. The van der Waals surface area contributed by atoms with Crippen molar-refractivity contribution in [2.75, 3.05) is 56.7 Å². The number of amides is 1. The molecule has 5 rings (SSSR count). The fraction of sp³-hybridized carbons (Fsp3) is 0.370. The molecule has 2 saturated heterocycles. The Labute approximate surface area is 224 Å². The topological polar surface area (TPSA) is 97.8 Å². The molecule has 2 aromatic carbocycles. The molecule has 2 fully saturated rings. The van der Waals surface area contributed by atoms with Gasteiger partial charge in [-0.3, -0.25) is 9.69 Å². The van der Waals surface area contributed by atoms with Crippen LogP contribution < -0.4 is 15.4 Å². The number of benzene rings is 2. The van der Waals surface area contributed by atoms with Crippen molar-refractivity contribution >= 4 is 45.6 Å². The molecule has 0 spiro atoms. The van der Waals surface area contributed by atoms with E-state index in [4.69, 9.17) is 25.8 Å². The van der Waals surface area contributed by atoms with E-state index in [9.17, 15) is 9.18 Å². The molecule has 11 heteroatoms. The zero-order valence-electron chi connectivity index (χ0n) is 20.8. The first kappa shape index (κ1) is 26.3. The van der Waals surface area contributed by atoms with Crippen molar-refractivity contribution in [1.82, 2.24) is 14.9 Å². The summed E-state index contributed by atoms with van der Waals surface area (Å²) in [5.41, 5.74) is 1.65. The summed E-state index contributed by atoms with van der Waals surface area (Å²) < 4.78 is 30.8. The number of anilines is 3. The van der Waals surface area contributed by atoms with Crippen molar-refractivity contribution in [3.8, 4) is 5.75 Å². The van der Waals surface area contributed by atoms with Gasteiger partial charge in [0.2, 0.25) is 5.91 Å². The molecule has 3 heterocycles. The molecule has 0 saturated carbocycles. The van der Waals surface area contributed by atoms with Gasteiger partial charge < -0.3 is 24.8 Å². The van der Waals surface area contributed by atoms with E-state index in [2.05, 4.69) is 25.5 Å². The van der Waals surface area contributed by atoms with Gasteiger partial charge >= 0.3 is 0 Å². The van der Waals surface area contributed by atoms with Gasteiger partial charge in [0.15, 0.2) is 0 Å². The van der Waals surface area contributed by atoms with E-state index in [-0.39, 0.29) is 17.0 Å². The molecule has 38 heavy (non-hydrogen) atoms. The second-order valence-corrected chi connectivity index (χ2v) is 9.50. The summed E-state index contributed by atoms with van der Waals surface area (Å²) in [4.78, 5) is 23.8. The highest BCUT2D eigenvalue weighted by atomic mass is 35.5. The second-order valence-electron chi connectivity index (χ2n) is 9.09. The molecule has 1 aromatic heterocycles. The molecular formula is C27H29ClFN5O4. The zero-order valence-corrected chi connectivity index (χ0v) is 21.5. The Morgan fingerprint density at radius 1 is 1.21 bits per heavy atom. The first-order valence-corrected chi connectivity index (χ1v) is 13.0. The van der Waals surface area contributed by atoms with Crippen LogP contribution in [0.5, 0.6) is 5.75 Å². The number of hydrogen-bond acceptors (Lipinski definition) is 8. The monoisotopic (exact) mass is 541 g/mol. The third kappa shape index (κ3) is 6.76. The molecule has 2 aliphatic rings. The Hall–Kier alpha value is -3.31. The van der Waals surface area contributed by atoms with Crippen molar-refractivity contribution < 1.29 is 23.4 Å². The van der Waals surface area contributed by atoms with Gasteiger partial charge in [-0.15, -0.1) is 0 Å². The molecule has 0 bridgehead atoms. The number of fused-ring (bicyclic) bond motifs is 1. The van der Waals surface area contributed by atoms with Crippen molar-refractivity contribution in [2.45, 2.75) is 18.9 Å². The number of aromatic nitrogens is 2. The first-order valence-electron chi connectivity index (χ1n) is 12.6. The van der Waals surface area contributed by atoms with Crippen LogP contribution in [0, 0.1) is 5.82 Å². The Kier molecular flexibility index (Phi) is 8.65. The Morgan fingerprint density at radius 3 is 2.87 bits per heavy atom. The molecule has 3 aromatic rings. The molecule has 2 N–H and O–H groups in total. The molecule has 200 valence electrons. The smallest absolute Gasteiger partial charge is 0.248 e. The van der Waals surface area contributed by atoms with Gasteiger partial charge in [0, 0.05) is 49.5 Å². The van der Waals surface area contributed by atoms with Gasteiger partial charge in [-0.2, -0.15) is 0 Å². The normalized spacial score (nSPS) is 18.2. The maximum Gasteiger partial charge on any atom is 0.248 e. The van der Waals surface area contributed by atoms with Gasteiger partial charge in [0.25, 0.3) is 0 Å². The van der Waals surface area contributed by atoms with Crippen LogP contribution in [0.2, 0.25) is 5.02 Å².